The lowest BCUT2D eigenvalue weighted by atomic mass is 9.75. The molecule has 4 aromatic rings. The van der Waals surface area contributed by atoms with Crippen LogP contribution in [0.1, 0.15) is 58.4 Å². The zero-order chi connectivity index (χ0) is 35.4. The van der Waals surface area contributed by atoms with Gasteiger partial charge in [-0.1, -0.05) is 91.0 Å². The standard InChI is InChI=1S/C38H36N4O8/c1-26(50-37(46)47)35(41-33(43)19-20-34(41)44)31-18-17-27(25-32(31)42(48)49)36(45)39-21-23-40(24-22-39)38(28-11-5-2-6-12-28,29-13-7-3-8-14-29)30-15-9-4-10-16-30/h2-18,25-26,35H,19-24H2,1H3,(H,46,47). The van der Waals surface area contributed by atoms with Crippen LogP contribution in [0.2, 0.25) is 0 Å². The van der Waals surface area contributed by atoms with Gasteiger partial charge < -0.3 is 14.7 Å². The van der Waals surface area contributed by atoms with Crippen molar-refractivity contribution in [1.82, 2.24) is 14.7 Å². The molecule has 12 heteroatoms. The Bertz CT molecular complexity index is 1780. The highest BCUT2D eigenvalue weighted by atomic mass is 16.7. The van der Waals surface area contributed by atoms with Gasteiger partial charge in [-0.05, 0) is 35.7 Å². The molecule has 0 aliphatic carbocycles. The van der Waals surface area contributed by atoms with E-state index >= 15 is 0 Å². The molecule has 256 valence electrons. The summed E-state index contributed by atoms with van der Waals surface area (Å²) in [5.74, 6) is -1.60. The number of nitrogens with zero attached hydrogens (tertiary/aromatic N) is 4. The van der Waals surface area contributed by atoms with E-state index in [0.717, 1.165) is 27.7 Å². The number of carboxylic acid groups (broad SMARTS) is 1. The number of nitro groups is 1. The fourth-order valence-corrected chi connectivity index (χ4v) is 7.33. The quantitative estimate of drug-likeness (QED) is 0.0742. The first-order chi connectivity index (χ1) is 24.1. The van der Waals surface area contributed by atoms with Crippen LogP contribution < -0.4 is 0 Å². The first-order valence-corrected chi connectivity index (χ1v) is 16.4. The molecule has 50 heavy (non-hydrogen) atoms. The van der Waals surface area contributed by atoms with Gasteiger partial charge in [0.25, 0.3) is 11.6 Å². The number of ether oxygens (including phenoxy) is 1. The lowest BCUT2D eigenvalue weighted by Gasteiger charge is -2.49. The maximum absolute atomic E-state index is 13.9. The molecule has 3 amide bonds. The normalized spacial score (nSPS) is 16.6. The second-order valence-corrected chi connectivity index (χ2v) is 12.3. The highest BCUT2D eigenvalue weighted by molar-refractivity contribution is 6.02. The Balaban J connectivity index is 1.31. The van der Waals surface area contributed by atoms with Gasteiger partial charge in [0.15, 0.2) is 0 Å². The van der Waals surface area contributed by atoms with Crippen molar-refractivity contribution in [2.45, 2.75) is 37.5 Å². The first-order valence-electron chi connectivity index (χ1n) is 16.4. The summed E-state index contributed by atoms with van der Waals surface area (Å²) >= 11 is 0. The fourth-order valence-electron chi connectivity index (χ4n) is 7.33. The molecule has 2 aliphatic rings. The van der Waals surface area contributed by atoms with E-state index in [1.165, 1.54) is 19.1 Å². The molecular weight excluding hydrogens is 640 g/mol. The minimum atomic E-state index is -1.66. The summed E-state index contributed by atoms with van der Waals surface area (Å²) in [5.41, 5.74) is 2.00. The van der Waals surface area contributed by atoms with Crippen LogP contribution in [-0.4, -0.2) is 80.9 Å². The van der Waals surface area contributed by atoms with Crippen LogP contribution in [0.25, 0.3) is 0 Å². The highest BCUT2D eigenvalue weighted by Crippen LogP contribution is 2.43. The second-order valence-electron chi connectivity index (χ2n) is 12.3. The molecule has 1 N–H and O–H groups in total. The summed E-state index contributed by atoms with van der Waals surface area (Å²) < 4.78 is 4.88. The number of likely N-dealkylation sites (tertiary alicyclic amines) is 1. The lowest BCUT2D eigenvalue weighted by Crippen LogP contribution is -2.57. The second kappa shape index (κ2) is 14.3. The number of imide groups is 1. The Morgan fingerprint density at radius 1 is 0.780 bits per heavy atom. The van der Waals surface area contributed by atoms with Crippen molar-refractivity contribution < 1.29 is 33.9 Å². The molecule has 2 aliphatic heterocycles. The third-order valence-electron chi connectivity index (χ3n) is 9.51. The molecule has 0 bridgehead atoms. The number of amides is 3. The van der Waals surface area contributed by atoms with E-state index in [9.17, 15) is 34.4 Å². The van der Waals surface area contributed by atoms with Crippen molar-refractivity contribution in [1.29, 1.82) is 0 Å². The summed E-state index contributed by atoms with van der Waals surface area (Å²) in [4.78, 5) is 67.2. The average molecular weight is 677 g/mol. The van der Waals surface area contributed by atoms with Gasteiger partial charge in [0.2, 0.25) is 11.8 Å². The lowest BCUT2D eigenvalue weighted by molar-refractivity contribution is -0.386. The Hall–Kier alpha value is -5.88. The molecule has 4 aromatic carbocycles. The van der Waals surface area contributed by atoms with Crippen LogP contribution in [0.15, 0.2) is 109 Å². The number of carbonyl (C=O) groups excluding carboxylic acids is 3. The number of benzene rings is 4. The van der Waals surface area contributed by atoms with Gasteiger partial charge in [-0.15, -0.1) is 0 Å². The van der Waals surface area contributed by atoms with Crippen molar-refractivity contribution in [3.8, 4) is 0 Å². The van der Waals surface area contributed by atoms with Crippen molar-refractivity contribution in [2.24, 2.45) is 0 Å². The molecular formula is C38H36N4O8. The Morgan fingerprint density at radius 2 is 1.26 bits per heavy atom. The van der Waals surface area contributed by atoms with Gasteiger partial charge in [-0.3, -0.25) is 34.3 Å². The van der Waals surface area contributed by atoms with Gasteiger partial charge in [0.05, 0.1) is 16.0 Å². The smallest absolute Gasteiger partial charge is 0.450 e. The number of carbonyl (C=O) groups is 4. The molecule has 0 aromatic heterocycles. The van der Waals surface area contributed by atoms with Crippen LogP contribution in [-0.2, 0) is 19.9 Å². The monoisotopic (exact) mass is 676 g/mol. The van der Waals surface area contributed by atoms with Crippen LogP contribution in [0.4, 0.5) is 10.5 Å². The predicted molar refractivity (Wildman–Crippen MR) is 182 cm³/mol. The minimum absolute atomic E-state index is 0.0546. The molecule has 2 fully saturated rings. The van der Waals surface area contributed by atoms with Gasteiger partial charge in [-0.2, -0.15) is 0 Å². The average Bonchev–Trinajstić information content (AvgIpc) is 3.46. The molecule has 12 nitrogen and oxygen atoms in total. The van der Waals surface area contributed by atoms with Crippen molar-refractivity contribution in [3.05, 3.63) is 147 Å². The summed E-state index contributed by atoms with van der Waals surface area (Å²) in [6.07, 6.45) is -3.19. The maximum Gasteiger partial charge on any atom is 0.506 e. The van der Waals surface area contributed by atoms with Crippen LogP contribution in [0, 0.1) is 10.1 Å². The van der Waals surface area contributed by atoms with E-state index in [1.54, 1.807) is 4.90 Å². The summed E-state index contributed by atoms with van der Waals surface area (Å²) in [6.45, 7) is 2.99. The largest absolute Gasteiger partial charge is 0.506 e. The van der Waals surface area contributed by atoms with Crippen LogP contribution in [0.3, 0.4) is 0 Å². The molecule has 2 unspecified atom stereocenters. The zero-order valence-electron chi connectivity index (χ0n) is 27.4. The number of rotatable bonds is 10. The van der Waals surface area contributed by atoms with E-state index in [-0.39, 0.29) is 24.0 Å². The third kappa shape index (κ3) is 6.32. The van der Waals surface area contributed by atoms with E-state index in [4.69, 9.17) is 4.74 Å². The van der Waals surface area contributed by atoms with Crippen molar-refractivity contribution in [2.75, 3.05) is 26.2 Å². The van der Waals surface area contributed by atoms with Gasteiger partial charge in [-0.25, -0.2) is 4.79 Å². The van der Waals surface area contributed by atoms with Gasteiger partial charge in [0.1, 0.15) is 12.1 Å². The molecule has 2 atom stereocenters. The zero-order valence-corrected chi connectivity index (χ0v) is 27.4. The van der Waals surface area contributed by atoms with Crippen LogP contribution in [0.5, 0.6) is 0 Å². The Kier molecular flexibility index (Phi) is 9.73. The van der Waals surface area contributed by atoms with E-state index in [0.29, 0.717) is 26.2 Å². The van der Waals surface area contributed by atoms with Crippen LogP contribution >= 0.6 is 0 Å². The van der Waals surface area contributed by atoms with Crippen molar-refractivity contribution >= 4 is 29.6 Å². The van der Waals surface area contributed by atoms with E-state index in [2.05, 4.69) is 41.3 Å². The molecule has 0 spiro atoms. The third-order valence-corrected chi connectivity index (χ3v) is 9.51. The number of piperazine rings is 1. The van der Waals surface area contributed by atoms with Gasteiger partial charge >= 0.3 is 6.16 Å². The topological polar surface area (TPSA) is 151 Å². The minimum Gasteiger partial charge on any atom is -0.450 e. The summed E-state index contributed by atoms with van der Waals surface area (Å²) in [5, 5.41) is 21.6. The first kappa shape index (κ1) is 34.0. The van der Waals surface area contributed by atoms with E-state index < -0.39 is 52.2 Å². The predicted octanol–water partition coefficient (Wildman–Crippen LogP) is 5.62. The number of hydrogen-bond acceptors (Lipinski definition) is 8. The Labute approximate surface area is 288 Å². The molecule has 6 rings (SSSR count). The molecule has 2 heterocycles. The molecule has 2 saturated heterocycles. The Morgan fingerprint density at radius 3 is 1.70 bits per heavy atom. The summed E-state index contributed by atoms with van der Waals surface area (Å²) in [6, 6.07) is 33.1. The molecule has 0 saturated carbocycles. The number of hydrogen-bond donors (Lipinski definition) is 1. The fraction of sp³-hybridized carbons (Fsp3) is 0.263. The number of nitro benzene ring substituents is 1. The van der Waals surface area contributed by atoms with Crippen molar-refractivity contribution in [3.63, 3.8) is 0 Å². The maximum atomic E-state index is 13.9. The SMILES string of the molecule is CC(OC(=O)O)C(c1ccc(C(=O)N2CCN(C(c3ccccc3)(c3ccccc3)c3ccccc3)CC2)cc1[N+](=O)[O-])N1C(=O)CCC1=O. The highest BCUT2D eigenvalue weighted by Gasteiger charge is 2.45. The summed E-state index contributed by atoms with van der Waals surface area (Å²) in [7, 11) is 0. The van der Waals surface area contributed by atoms with E-state index in [1.807, 2.05) is 54.6 Å². The van der Waals surface area contributed by atoms with Gasteiger partial charge in [0, 0.05) is 50.7 Å². The molecule has 0 radical (unpaired) electrons.